The van der Waals surface area contributed by atoms with Gasteiger partial charge in [0.2, 0.25) is 0 Å². The molecule has 0 saturated carbocycles. The van der Waals surface area contributed by atoms with Crippen LogP contribution in [0, 0.1) is 0 Å². The van der Waals surface area contributed by atoms with E-state index < -0.39 is 0 Å². The van der Waals surface area contributed by atoms with Crippen LogP contribution in [-0.4, -0.2) is 24.7 Å². The van der Waals surface area contributed by atoms with E-state index in [0.717, 1.165) is 0 Å². The molecule has 14 heavy (non-hydrogen) atoms. The van der Waals surface area contributed by atoms with E-state index >= 15 is 0 Å². The fourth-order valence-electron chi connectivity index (χ4n) is 0.983. The molecule has 0 aliphatic rings. The number of phenols is 1. The summed E-state index contributed by atoms with van der Waals surface area (Å²) >= 11 is 5.76. The molecule has 0 aromatic heterocycles. The lowest BCUT2D eigenvalue weighted by molar-refractivity contribution is 0.112. The van der Waals surface area contributed by atoms with Crippen molar-refractivity contribution in [3.8, 4) is 5.75 Å². The molecule has 1 aromatic rings. The van der Waals surface area contributed by atoms with E-state index in [-0.39, 0.29) is 16.3 Å². The van der Waals surface area contributed by atoms with Crippen LogP contribution in [0.4, 0.5) is 0 Å². The Hall–Kier alpha value is -1.55. The molecule has 0 fully saturated rings. The highest BCUT2D eigenvalue weighted by Gasteiger charge is 2.09. The second kappa shape index (κ2) is 4.62. The summed E-state index contributed by atoms with van der Waals surface area (Å²) in [5.41, 5.74) is 3.05. The third-order valence-electron chi connectivity index (χ3n) is 1.65. The van der Waals surface area contributed by atoms with Crippen molar-refractivity contribution < 1.29 is 9.90 Å². The number of hydrogen-bond acceptors (Lipinski definition) is 4. The lowest BCUT2D eigenvalue weighted by atomic mass is 10.1. The molecule has 0 saturated heterocycles. The van der Waals surface area contributed by atoms with E-state index in [1.165, 1.54) is 18.3 Å². The molecule has 0 radical (unpaired) electrons. The zero-order valence-corrected chi connectivity index (χ0v) is 8.25. The molecule has 0 heterocycles. The topological polar surface area (TPSA) is 61.7 Å². The third kappa shape index (κ3) is 2.03. The number of carbonyl (C=O) groups excluding carboxylic acids is 1. The first-order chi connectivity index (χ1) is 6.70. The van der Waals surface area contributed by atoms with Gasteiger partial charge in [-0.25, -0.2) is 0 Å². The molecule has 0 spiro atoms. The molecule has 1 aromatic carbocycles. The summed E-state index contributed by atoms with van der Waals surface area (Å²) < 4.78 is 0. The van der Waals surface area contributed by atoms with Crippen LogP contribution in [0.2, 0.25) is 5.02 Å². The number of hydrogen-bond donors (Lipinski definition) is 2. The molecule has 0 aliphatic carbocycles. The van der Waals surface area contributed by atoms with Crippen molar-refractivity contribution in [2.45, 2.75) is 0 Å². The van der Waals surface area contributed by atoms with Crippen molar-refractivity contribution in [2.75, 3.05) is 7.05 Å². The summed E-state index contributed by atoms with van der Waals surface area (Å²) in [6.45, 7) is 0. The number of aldehydes is 1. The first-order valence-electron chi connectivity index (χ1n) is 3.87. The molecule has 74 valence electrons. The van der Waals surface area contributed by atoms with Crippen LogP contribution < -0.4 is 5.43 Å². The van der Waals surface area contributed by atoms with Gasteiger partial charge in [-0.2, -0.15) is 5.10 Å². The maximum absolute atomic E-state index is 10.7. The van der Waals surface area contributed by atoms with Gasteiger partial charge in [-0.1, -0.05) is 11.6 Å². The van der Waals surface area contributed by atoms with Gasteiger partial charge in [-0.05, 0) is 12.1 Å². The first kappa shape index (κ1) is 10.5. The van der Waals surface area contributed by atoms with Crippen molar-refractivity contribution in [3.63, 3.8) is 0 Å². The zero-order valence-electron chi connectivity index (χ0n) is 7.49. The van der Waals surface area contributed by atoms with Crippen LogP contribution in [0.5, 0.6) is 5.75 Å². The molecule has 0 aliphatic heterocycles. The van der Waals surface area contributed by atoms with Crippen molar-refractivity contribution in [3.05, 3.63) is 28.3 Å². The Kier molecular flexibility index (Phi) is 3.48. The molecule has 0 bridgehead atoms. The Morgan fingerprint density at radius 1 is 1.50 bits per heavy atom. The van der Waals surface area contributed by atoms with Gasteiger partial charge in [0, 0.05) is 18.2 Å². The molecule has 1 rings (SSSR count). The van der Waals surface area contributed by atoms with Crippen LogP contribution in [-0.2, 0) is 0 Å². The van der Waals surface area contributed by atoms with Crippen molar-refractivity contribution in [1.29, 1.82) is 0 Å². The van der Waals surface area contributed by atoms with E-state index in [9.17, 15) is 9.90 Å². The highest BCUT2D eigenvalue weighted by Crippen LogP contribution is 2.24. The zero-order chi connectivity index (χ0) is 10.6. The number of nitrogens with zero attached hydrogens (tertiary/aromatic N) is 1. The summed E-state index contributed by atoms with van der Waals surface area (Å²) in [6, 6.07) is 2.86. The molecule has 4 nitrogen and oxygen atoms in total. The lowest BCUT2D eigenvalue weighted by Crippen LogP contribution is -1.98. The Morgan fingerprint density at radius 3 is 2.79 bits per heavy atom. The summed E-state index contributed by atoms with van der Waals surface area (Å²) in [5, 5.41) is 13.4. The Bertz CT molecular complexity index is 377. The standard InChI is InChI=1S/C9H9ClN2O2/c1-11-12-4-6-7(5-13)8(10)2-3-9(6)14/h2-5,11,14H,1H3/b12-4-. The number of aromatic hydroxyl groups is 1. The first-order valence-corrected chi connectivity index (χ1v) is 4.25. The number of nitrogens with one attached hydrogen (secondary N) is 1. The highest BCUT2D eigenvalue weighted by atomic mass is 35.5. The molecule has 0 unspecified atom stereocenters. The van der Waals surface area contributed by atoms with E-state index in [0.29, 0.717) is 11.8 Å². The third-order valence-corrected chi connectivity index (χ3v) is 1.98. The van der Waals surface area contributed by atoms with Gasteiger partial charge in [0.1, 0.15) is 5.75 Å². The summed E-state index contributed by atoms with van der Waals surface area (Å²) in [6.07, 6.45) is 1.92. The Labute approximate surface area is 86.2 Å². The van der Waals surface area contributed by atoms with Crippen LogP contribution >= 0.6 is 11.6 Å². The number of phenolic OH excluding ortho intramolecular Hbond substituents is 1. The summed E-state index contributed by atoms with van der Waals surface area (Å²) in [7, 11) is 1.61. The fourth-order valence-corrected chi connectivity index (χ4v) is 1.19. The predicted molar refractivity (Wildman–Crippen MR) is 55.2 cm³/mol. The van der Waals surface area contributed by atoms with Crippen LogP contribution in [0.1, 0.15) is 15.9 Å². The van der Waals surface area contributed by atoms with Crippen molar-refractivity contribution in [2.24, 2.45) is 5.10 Å². The average molecular weight is 213 g/mol. The van der Waals surface area contributed by atoms with Gasteiger partial charge in [0.15, 0.2) is 6.29 Å². The SMILES string of the molecule is CN/N=C\c1c(O)ccc(Cl)c1C=O. The summed E-state index contributed by atoms with van der Waals surface area (Å²) in [5.74, 6) is -0.0319. The van der Waals surface area contributed by atoms with Gasteiger partial charge in [-0.3, -0.25) is 4.79 Å². The number of hydrazone groups is 1. The quantitative estimate of drug-likeness (QED) is 0.453. The fraction of sp³-hybridized carbons (Fsp3) is 0.111. The second-order valence-corrected chi connectivity index (χ2v) is 2.90. The Morgan fingerprint density at radius 2 is 2.21 bits per heavy atom. The highest BCUT2D eigenvalue weighted by molar-refractivity contribution is 6.33. The molecule has 5 heteroatoms. The smallest absolute Gasteiger partial charge is 0.152 e. The van der Waals surface area contributed by atoms with Crippen LogP contribution in [0.3, 0.4) is 0 Å². The van der Waals surface area contributed by atoms with Gasteiger partial charge >= 0.3 is 0 Å². The normalized spacial score (nSPS) is 10.4. The molecular weight excluding hydrogens is 204 g/mol. The van der Waals surface area contributed by atoms with E-state index in [2.05, 4.69) is 10.5 Å². The minimum atomic E-state index is -0.0319. The average Bonchev–Trinajstić information content (AvgIpc) is 2.19. The van der Waals surface area contributed by atoms with Gasteiger partial charge in [-0.15, -0.1) is 0 Å². The van der Waals surface area contributed by atoms with E-state index in [4.69, 9.17) is 11.6 Å². The summed E-state index contributed by atoms with van der Waals surface area (Å²) in [4.78, 5) is 10.7. The van der Waals surface area contributed by atoms with Crippen LogP contribution in [0.15, 0.2) is 17.2 Å². The maximum Gasteiger partial charge on any atom is 0.152 e. The predicted octanol–water partition coefficient (Wildman–Crippen LogP) is 1.41. The van der Waals surface area contributed by atoms with E-state index in [1.54, 1.807) is 7.05 Å². The Balaban J connectivity index is 3.29. The maximum atomic E-state index is 10.7. The number of benzene rings is 1. The largest absolute Gasteiger partial charge is 0.507 e. The van der Waals surface area contributed by atoms with Crippen molar-refractivity contribution in [1.82, 2.24) is 5.43 Å². The monoisotopic (exact) mass is 212 g/mol. The molecular formula is C9H9ClN2O2. The number of rotatable bonds is 3. The number of halogens is 1. The van der Waals surface area contributed by atoms with E-state index in [1.807, 2.05) is 0 Å². The minimum absolute atomic E-state index is 0.0319. The van der Waals surface area contributed by atoms with Gasteiger partial charge < -0.3 is 10.5 Å². The molecule has 2 N–H and O–H groups in total. The minimum Gasteiger partial charge on any atom is -0.507 e. The lowest BCUT2D eigenvalue weighted by Gasteiger charge is -2.03. The van der Waals surface area contributed by atoms with Gasteiger partial charge in [0.25, 0.3) is 0 Å². The van der Waals surface area contributed by atoms with Gasteiger partial charge in [0.05, 0.1) is 11.2 Å². The second-order valence-electron chi connectivity index (χ2n) is 2.49. The number of carbonyl (C=O) groups is 1. The molecule has 0 atom stereocenters. The molecule has 0 amide bonds. The van der Waals surface area contributed by atoms with Crippen molar-refractivity contribution >= 4 is 24.1 Å². The van der Waals surface area contributed by atoms with Crippen LogP contribution in [0.25, 0.3) is 0 Å².